The topological polar surface area (TPSA) is 48.1 Å². The summed E-state index contributed by atoms with van der Waals surface area (Å²) in [4.78, 5) is 17.9. The van der Waals surface area contributed by atoms with Crippen molar-refractivity contribution in [3.63, 3.8) is 0 Å². The number of para-hydroxylation sites is 1. The number of H-pyrrole nitrogens is 1. The van der Waals surface area contributed by atoms with Crippen molar-refractivity contribution < 1.29 is 4.79 Å². The van der Waals surface area contributed by atoms with Gasteiger partial charge in [0.05, 0.1) is 0 Å². The Kier molecular flexibility index (Phi) is 5.54. The van der Waals surface area contributed by atoms with Gasteiger partial charge >= 0.3 is 0 Å². The van der Waals surface area contributed by atoms with E-state index < -0.39 is 0 Å². The minimum Gasteiger partial charge on any atom is -0.361 e. The lowest BCUT2D eigenvalue weighted by molar-refractivity contribution is 0.0954. The van der Waals surface area contributed by atoms with Crippen LogP contribution in [0.4, 0.5) is 11.4 Å². The van der Waals surface area contributed by atoms with E-state index in [2.05, 4.69) is 15.2 Å². The number of hydrogen-bond acceptors (Lipinski definition) is 2. The third kappa shape index (κ3) is 4.28. The van der Waals surface area contributed by atoms with Crippen LogP contribution in [0.15, 0.2) is 79.0 Å². The highest BCUT2D eigenvalue weighted by molar-refractivity contribution is 6.31. The second kappa shape index (κ2) is 8.41. The zero-order chi connectivity index (χ0) is 20.2. The monoisotopic (exact) mass is 403 g/mol. The first-order valence-corrected chi connectivity index (χ1v) is 9.92. The minimum atomic E-state index is -0.0776. The third-order valence-electron chi connectivity index (χ3n) is 5.05. The second-order valence-electron chi connectivity index (χ2n) is 6.95. The number of nitrogens with one attached hydrogen (secondary N) is 2. The number of hydrogen-bond donors (Lipinski definition) is 2. The number of nitrogens with zero attached hydrogens (tertiary/aromatic N) is 1. The van der Waals surface area contributed by atoms with Crippen molar-refractivity contribution in [1.82, 2.24) is 10.3 Å². The lowest BCUT2D eigenvalue weighted by Gasteiger charge is -2.20. The molecule has 4 aromatic rings. The molecule has 5 heteroatoms. The highest BCUT2D eigenvalue weighted by atomic mass is 35.5. The van der Waals surface area contributed by atoms with Gasteiger partial charge in [-0.1, -0.05) is 35.9 Å². The summed E-state index contributed by atoms with van der Waals surface area (Å²) in [6.45, 7) is 0.553. The van der Waals surface area contributed by atoms with Crippen LogP contribution in [0.2, 0.25) is 5.02 Å². The SMILES string of the molecule is CN(c1ccccc1)c1cccc(C(=O)NCCc2c[nH]c3ccc(Cl)cc23)c1. The molecule has 4 rings (SSSR count). The number of benzene rings is 3. The van der Waals surface area contributed by atoms with Crippen molar-refractivity contribution in [2.75, 3.05) is 18.5 Å². The number of anilines is 2. The largest absolute Gasteiger partial charge is 0.361 e. The molecule has 0 spiro atoms. The molecule has 0 unspecified atom stereocenters. The highest BCUT2D eigenvalue weighted by Gasteiger charge is 2.10. The van der Waals surface area contributed by atoms with E-state index in [1.807, 2.05) is 86.0 Å². The Balaban J connectivity index is 1.41. The van der Waals surface area contributed by atoms with Gasteiger partial charge in [-0.25, -0.2) is 0 Å². The van der Waals surface area contributed by atoms with E-state index in [0.717, 1.165) is 34.3 Å². The normalized spacial score (nSPS) is 10.8. The molecule has 2 N–H and O–H groups in total. The summed E-state index contributed by atoms with van der Waals surface area (Å²) >= 11 is 6.11. The zero-order valence-electron chi connectivity index (χ0n) is 16.2. The molecule has 0 aliphatic heterocycles. The van der Waals surface area contributed by atoms with E-state index >= 15 is 0 Å². The smallest absolute Gasteiger partial charge is 0.251 e. The van der Waals surface area contributed by atoms with E-state index in [1.165, 1.54) is 0 Å². The molecule has 4 nitrogen and oxygen atoms in total. The number of fused-ring (bicyclic) bond motifs is 1. The van der Waals surface area contributed by atoms with E-state index in [9.17, 15) is 4.79 Å². The molecule has 0 bridgehead atoms. The summed E-state index contributed by atoms with van der Waals surface area (Å²) in [7, 11) is 1.99. The van der Waals surface area contributed by atoms with Crippen LogP contribution in [0.1, 0.15) is 15.9 Å². The van der Waals surface area contributed by atoms with Crippen molar-refractivity contribution >= 4 is 39.8 Å². The molecule has 0 aliphatic rings. The van der Waals surface area contributed by atoms with Gasteiger partial charge in [0.1, 0.15) is 0 Å². The molecule has 1 heterocycles. The number of amides is 1. The van der Waals surface area contributed by atoms with Gasteiger partial charge in [-0.15, -0.1) is 0 Å². The fraction of sp³-hybridized carbons (Fsp3) is 0.125. The number of carbonyl (C=O) groups excluding carboxylic acids is 1. The summed E-state index contributed by atoms with van der Waals surface area (Å²) in [6, 6.07) is 23.5. The number of rotatable bonds is 6. The summed E-state index contributed by atoms with van der Waals surface area (Å²) < 4.78 is 0. The molecule has 1 amide bonds. The molecule has 0 saturated carbocycles. The molecular weight excluding hydrogens is 382 g/mol. The molecule has 3 aromatic carbocycles. The van der Waals surface area contributed by atoms with Gasteiger partial charge in [-0.05, 0) is 60.5 Å². The zero-order valence-corrected chi connectivity index (χ0v) is 16.9. The number of aromatic amines is 1. The summed E-state index contributed by atoms with van der Waals surface area (Å²) in [5.74, 6) is -0.0776. The van der Waals surface area contributed by atoms with Crippen molar-refractivity contribution in [3.05, 3.63) is 95.1 Å². The van der Waals surface area contributed by atoms with Gasteiger partial charge < -0.3 is 15.2 Å². The van der Waals surface area contributed by atoms with Gasteiger partial charge in [0.2, 0.25) is 0 Å². The molecule has 0 atom stereocenters. The Morgan fingerprint density at radius 1 is 1.00 bits per heavy atom. The van der Waals surface area contributed by atoms with Gasteiger partial charge in [-0.2, -0.15) is 0 Å². The highest BCUT2D eigenvalue weighted by Crippen LogP contribution is 2.24. The molecule has 1 aromatic heterocycles. The quantitative estimate of drug-likeness (QED) is 0.442. The molecule has 0 radical (unpaired) electrons. The van der Waals surface area contributed by atoms with Gasteiger partial charge in [0, 0.05) is 52.7 Å². The van der Waals surface area contributed by atoms with Crippen LogP contribution in [-0.4, -0.2) is 24.5 Å². The Morgan fingerprint density at radius 3 is 2.62 bits per heavy atom. The van der Waals surface area contributed by atoms with Crippen LogP contribution in [-0.2, 0) is 6.42 Å². The van der Waals surface area contributed by atoms with Crippen LogP contribution in [0.25, 0.3) is 10.9 Å². The first kappa shape index (κ1) is 19.1. The van der Waals surface area contributed by atoms with Gasteiger partial charge in [-0.3, -0.25) is 4.79 Å². The predicted molar refractivity (Wildman–Crippen MR) is 120 cm³/mol. The van der Waals surface area contributed by atoms with Crippen molar-refractivity contribution in [3.8, 4) is 0 Å². The minimum absolute atomic E-state index is 0.0776. The van der Waals surface area contributed by atoms with Crippen LogP contribution < -0.4 is 10.2 Å². The number of halogens is 1. The van der Waals surface area contributed by atoms with E-state index in [4.69, 9.17) is 11.6 Å². The summed E-state index contributed by atoms with van der Waals surface area (Å²) in [6.07, 6.45) is 2.71. The molecule has 0 fully saturated rings. The summed E-state index contributed by atoms with van der Waals surface area (Å²) in [5, 5.41) is 4.82. The van der Waals surface area contributed by atoms with Crippen LogP contribution in [0.5, 0.6) is 0 Å². The fourth-order valence-electron chi connectivity index (χ4n) is 3.43. The lowest BCUT2D eigenvalue weighted by Crippen LogP contribution is -2.25. The van der Waals surface area contributed by atoms with E-state index in [0.29, 0.717) is 17.1 Å². The Morgan fingerprint density at radius 2 is 1.79 bits per heavy atom. The molecule has 0 saturated heterocycles. The van der Waals surface area contributed by atoms with Crippen LogP contribution >= 0.6 is 11.6 Å². The Hall–Kier alpha value is -3.24. The maximum absolute atomic E-state index is 12.6. The first-order chi connectivity index (χ1) is 14.1. The van der Waals surface area contributed by atoms with Crippen molar-refractivity contribution in [2.45, 2.75) is 6.42 Å². The van der Waals surface area contributed by atoms with Crippen molar-refractivity contribution in [1.29, 1.82) is 0 Å². The van der Waals surface area contributed by atoms with Gasteiger partial charge in [0.15, 0.2) is 0 Å². The molecule has 146 valence electrons. The standard InChI is InChI=1S/C24H22ClN3O/c1-28(20-7-3-2-4-8-20)21-9-5-6-17(14-21)24(29)26-13-12-18-16-27-23-11-10-19(25)15-22(18)23/h2-11,14-16,27H,12-13H2,1H3,(H,26,29). The molecular formula is C24H22ClN3O. The van der Waals surface area contributed by atoms with Crippen LogP contribution in [0.3, 0.4) is 0 Å². The Labute approximate surface area is 175 Å². The molecule has 29 heavy (non-hydrogen) atoms. The average Bonchev–Trinajstić information content (AvgIpc) is 3.16. The maximum Gasteiger partial charge on any atom is 0.251 e. The number of aromatic nitrogens is 1. The Bertz CT molecular complexity index is 1140. The number of carbonyl (C=O) groups is 1. The predicted octanol–water partition coefficient (Wildman–Crippen LogP) is 5.56. The summed E-state index contributed by atoms with van der Waals surface area (Å²) in [5.41, 5.74) is 4.87. The van der Waals surface area contributed by atoms with E-state index in [-0.39, 0.29) is 5.91 Å². The molecule has 0 aliphatic carbocycles. The van der Waals surface area contributed by atoms with Gasteiger partial charge in [0.25, 0.3) is 5.91 Å². The van der Waals surface area contributed by atoms with E-state index in [1.54, 1.807) is 0 Å². The van der Waals surface area contributed by atoms with Crippen molar-refractivity contribution in [2.24, 2.45) is 0 Å². The third-order valence-corrected chi connectivity index (χ3v) is 5.28. The lowest BCUT2D eigenvalue weighted by atomic mass is 10.1. The second-order valence-corrected chi connectivity index (χ2v) is 7.39. The first-order valence-electron chi connectivity index (χ1n) is 9.54. The fourth-order valence-corrected chi connectivity index (χ4v) is 3.60. The average molecular weight is 404 g/mol. The van der Waals surface area contributed by atoms with Crippen LogP contribution in [0, 0.1) is 0 Å². The maximum atomic E-state index is 12.6.